The molecule has 0 saturated heterocycles. The molecule has 0 spiro atoms. The Hall–Kier alpha value is -2.59. The van der Waals surface area contributed by atoms with Crippen LogP contribution in [-0.4, -0.2) is 22.1 Å². The van der Waals surface area contributed by atoms with Gasteiger partial charge in [-0.2, -0.15) is 0 Å². The summed E-state index contributed by atoms with van der Waals surface area (Å²) in [6.07, 6.45) is 1.43. The second-order valence-corrected chi connectivity index (χ2v) is 7.01. The Kier molecular flexibility index (Phi) is 5.14. The number of carbonyl (C=O) groups is 1. The number of nitrogens with zero attached hydrogens (tertiary/aromatic N) is 2. The molecule has 2 aromatic carbocycles. The van der Waals surface area contributed by atoms with Crippen molar-refractivity contribution < 1.29 is 9.90 Å². The SMILES string of the molecule is Cc1c(Cl)ccc2c(N(Cc3ccccc3)C(C)C)c(C(=O)O)cnc12. The van der Waals surface area contributed by atoms with Gasteiger partial charge in [0.1, 0.15) is 5.56 Å². The van der Waals surface area contributed by atoms with Gasteiger partial charge >= 0.3 is 5.97 Å². The van der Waals surface area contributed by atoms with Crippen LogP contribution in [0.1, 0.15) is 35.3 Å². The van der Waals surface area contributed by atoms with Crippen LogP contribution in [0.4, 0.5) is 5.69 Å². The lowest BCUT2D eigenvalue weighted by Crippen LogP contribution is -2.32. The predicted octanol–water partition coefficient (Wildman–Crippen LogP) is 5.31. The van der Waals surface area contributed by atoms with Gasteiger partial charge in [0.05, 0.1) is 11.2 Å². The first-order valence-electron chi connectivity index (χ1n) is 8.51. The van der Waals surface area contributed by atoms with E-state index in [9.17, 15) is 9.90 Å². The van der Waals surface area contributed by atoms with E-state index in [0.717, 1.165) is 22.0 Å². The van der Waals surface area contributed by atoms with Crippen LogP contribution in [0.5, 0.6) is 0 Å². The Morgan fingerprint density at radius 2 is 1.88 bits per heavy atom. The minimum Gasteiger partial charge on any atom is -0.478 e. The zero-order chi connectivity index (χ0) is 18.8. The van der Waals surface area contributed by atoms with E-state index in [1.54, 1.807) is 6.07 Å². The second-order valence-electron chi connectivity index (χ2n) is 6.60. The Morgan fingerprint density at radius 3 is 2.50 bits per heavy atom. The fraction of sp³-hybridized carbons (Fsp3) is 0.238. The largest absolute Gasteiger partial charge is 0.478 e. The molecular weight excluding hydrogens is 348 g/mol. The lowest BCUT2D eigenvalue weighted by atomic mass is 10.0. The van der Waals surface area contributed by atoms with E-state index in [1.807, 2.05) is 43.3 Å². The Bertz CT molecular complexity index is 955. The van der Waals surface area contributed by atoms with Crippen molar-refractivity contribution in [1.82, 2.24) is 4.98 Å². The van der Waals surface area contributed by atoms with Crippen molar-refractivity contribution in [1.29, 1.82) is 0 Å². The van der Waals surface area contributed by atoms with Crippen molar-refractivity contribution in [3.05, 3.63) is 70.4 Å². The Morgan fingerprint density at radius 1 is 1.19 bits per heavy atom. The number of rotatable bonds is 5. The molecule has 3 aromatic rings. The number of pyridine rings is 1. The molecule has 1 aromatic heterocycles. The van der Waals surface area contributed by atoms with Crippen molar-refractivity contribution in [3.63, 3.8) is 0 Å². The van der Waals surface area contributed by atoms with Crippen LogP contribution >= 0.6 is 11.6 Å². The molecular formula is C21H21ClN2O2. The fourth-order valence-corrected chi connectivity index (χ4v) is 3.29. The number of aryl methyl sites for hydroxylation is 1. The average Bonchev–Trinajstić information content (AvgIpc) is 2.62. The zero-order valence-corrected chi connectivity index (χ0v) is 15.8. The van der Waals surface area contributed by atoms with Crippen LogP contribution in [0.3, 0.4) is 0 Å². The van der Waals surface area contributed by atoms with Gasteiger partial charge in [-0.15, -0.1) is 0 Å². The quantitative estimate of drug-likeness (QED) is 0.663. The summed E-state index contributed by atoms with van der Waals surface area (Å²) in [7, 11) is 0. The Balaban J connectivity index is 2.26. The van der Waals surface area contributed by atoms with Crippen molar-refractivity contribution in [2.24, 2.45) is 0 Å². The lowest BCUT2D eigenvalue weighted by Gasteiger charge is -2.31. The summed E-state index contributed by atoms with van der Waals surface area (Å²) in [6, 6.07) is 13.8. The highest BCUT2D eigenvalue weighted by Gasteiger charge is 2.23. The first-order chi connectivity index (χ1) is 12.4. The van der Waals surface area contributed by atoms with Gasteiger partial charge in [-0.3, -0.25) is 4.98 Å². The van der Waals surface area contributed by atoms with E-state index in [4.69, 9.17) is 11.6 Å². The first kappa shape index (κ1) is 18.2. The van der Waals surface area contributed by atoms with E-state index in [0.29, 0.717) is 17.3 Å². The van der Waals surface area contributed by atoms with E-state index in [1.165, 1.54) is 6.20 Å². The normalized spacial score (nSPS) is 11.1. The summed E-state index contributed by atoms with van der Waals surface area (Å²) in [5.41, 5.74) is 3.58. The van der Waals surface area contributed by atoms with Gasteiger partial charge in [0, 0.05) is 29.2 Å². The average molecular weight is 369 g/mol. The summed E-state index contributed by atoms with van der Waals surface area (Å²) in [5, 5.41) is 11.2. The van der Waals surface area contributed by atoms with Crippen molar-refractivity contribution in [2.75, 3.05) is 4.90 Å². The molecule has 0 amide bonds. The monoisotopic (exact) mass is 368 g/mol. The standard InChI is InChI=1S/C21H21ClN2O2/c1-13(2)24(12-15-7-5-4-6-8-15)20-16-9-10-18(22)14(3)19(16)23-11-17(20)21(25)26/h4-11,13H,12H2,1-3H3,(H,25,26). The number of aromatic nitrogens is 1. The number of aromatic carboxylic acids is 1. The number of anilines is 1. The van der Waals surface area contributed by atoms with Crippen molar-refractivity contribution in [2.45, 2.75) is 33.4 Å². The number of hydrogen-bond acceptors (Lipinski definition) is 3. The molecule has 134 valence electrons. The van der Waals surface area contributed by atoms with Crippen LogP contribution in [0, 0.1) is 6.92 Å². The lowest BCUT2D eigenvalue weighted by molar-refractivity contribution is 0.0697. The maximum Gasteiger partial charge on any atom is 0.339 e. The molecule has 0 aliphatic heterocycles. The second kappa shape index (κ2) is 7.34. The molecule has 5 heteroatoms. The Labute approximate surface area is 158 Å². The van der Waals surface area contributed by atoms with Crippen LogP contribution in [0.25, 0.3) is 10.9 Å². The number of benzene rings is 2. The van der Waals surface area contributed by atoms with Gasteiger partial charge in [-0.1, -0.05) is 41.9 Å². The van der Waals surface area contributed by atoms with Gasteiger partial charge < -0.3 is 10.0 Å². The maximum absolute atomic E-state index is 11.9. The van der Waals surface area contributed by atoms with Gasteiger partial charge in [0.25, 0.3) is 0 Å². The van der Waals surface area contributed by atoms with Crippen molar-refractivity contribution >= 4 is 34.2 Å². The highest BCUT2D eigenvalue weighted by atomic mass is 35.5. The maximum atomic E-state index is 11.9. The smallest absolute Gasteiger partial charge is 0.339 e. The third-order valence-electron chi connectivity index (χ3n) is 4.53. The number of carboxylic acids is 1. The molecule has 0 atom stereocenters. The summed E-state index contributed by atoms with van der Waals surface area (Å²) in [5.74, 6) is -0.985. The van der Waals surface area contributed by atoms with Crippen LogP contribution < -0.4 is 4.90 Å². The van der Waals surface area contributed by atoms with Crippen LogP contribution in [-0.2, 0) is 6.54 Å². The molecule has 1 N–H and O–H groups in total. The number of fused-ring (bicyclic) bond motifs is 1. The minimum atomic E-state index is -0.985. The molecule has 0 unspecified atom stereocenters. The number of halogens is 1. The molecule has 0 saturated carbocycles. The van der Waals surface area contributed by atoms with E-state index in [-0.39, 0.29) is 11.6 Å². The van der Waals surface area contributed by atoms with Gasteiger partial charge in [-0.25, -0.2) is 4.79 Å². The van der Waals surface area contributed by atoms with E-state index >= 15 is 0 Å². The summed E-state index contributed by atoms with van der Waals surface area (Å²) >= 11 is 6.24. The third-order valence-corrected chi connectivity index (χ3v) is 4.94. The molecule has 3 rings (SSSR count). The van der Waals surface area contributed by atoms with Crippen LogP contribution in [0.15, 0.2) is 48.7 Å². The summed E-state index contributed by atoms with van der Waals surface area (Å²) < 4.78 is 0. The molecule has 0 fully saturated rings. The summed E-state index contributed by atoms with van der Waals surface area (Å²) in [4.78, 5) is 18.4. The van der Waals surface area contributed by atoms with E-state index < -0.39 is 5.97 Å². The highest BCUT2D eigenvalue weighted by molar-refractivity contribution is 6.32. The molecule has 4 nitrogen and oxygen atoms in total. The molecule has 26 heavy (non-hydrogen) atoms. The van der Waals surface area contributed by atoms with Crippen LogP contribution in [0.2, 0.25) is 5.02 Å². The molecule has 1 heterocycles. The molecule has 0 radical (unpaired) electrons. The molecule has 0 aliphatic carbocycles. The minimum absolute atomic E-state index is 0.106. The highest BCUT2D eigenvalue weighted by Crippen LogP contribution is 2.35. The fourth-order valence-electron chi connectivity index (χ4n) is 3.13. The predicted molar refractivity (Wildman–Crippen MR) is 106 cm³/mol. The molecule has 0 bridgehead atoms. The van der Waals surface area contributed by atoms with Gasteiger partial charge in [-0.05, 0) is 44.0 Å². The summed E-state index contributed by atoms with van der Waals surface area (Å²) in [6.45, 7) is 6.63. The van der Waals surface area contributed by atoms with E-state index in [2.05, 4.69) is 23.7 Å². The van der Waals surface area contributed by atoms with Gasteiger partial charge in [0.2, 0.25) is 0 Å². The topological polar surface area (TPSA) is 53.4 Å². The van der Waals surface area contributed by atoms with Crippen molar-refractivity contribution in [3.8, 4) is 0 Å². The molecule has 0 aliphatic rings. The zero-order valence-electron chi connectivity index (χ0n) is 15.0. The number of hydrogen-bond donors (Lipinski definition) is 1. The first-order valence-corrected chi connectivity index (χ1v) is 8.89. The van der Waals surface area contributed by atoms with Gasteiger partial charge in [0.15, 0.2) is 0 Å². The number of carboxylic acid groups (broad SMARTS) is 1. The third kappa shape index (κ3) is 3.37.